The fraction of sp³-hybridized carbons (Fsp3) is 0.417. The molecule has 0 saturated carbocycles. The van der Waals surface area contributed by atoms with Crippen LogP contribution in [0.3, 0.4) is 0 Å². The maximum Gasteiger partial charge on any atom is 0.173 e. The van der Waals surface area contributed by atoms with Crippen molar-refractivity contribution in [1.82, 2.24) is 9.80 Å². The van der Waals surface area contributed by atoms with Gasteiger partial charge in [0, 0.05) is 60.7 Å². The maximum absolute atomic E-state index is 5.81. The summed E-state index contributed by atoms with van der Waals surface area (Å²) in [5.41, 5.74) is 3.41. The Morgan fingerprint density at radius 3 is 1.97 bits per heavy atom. The van der Waals surface area contributed by atoms with Gasteiger partial charge in [0.2, 0.25) is 0 Å². The van der Waals surface area contributed by atoms with Crippen LogP contribution < -0.4 is 10.2 Å². The lowest BCUT2D eigenvalue weighted by atomic mass is 10.1. The monoisotopic (exact) mass is 518 g/mol. The molecule has 2 aromatic rings. The predicted octanol–water partition coefficient (Wildman–Crippen LogP) is 5.77. The second-order valence-corrected chi connectivity index (χ2v) is 9.44. The van der Waals surface area contributed by atoms with E-state index in [0.29, 0.717) is 0 Å². The molecule has 0 atom stereocenters. The van der Waals surface area contributed by atoms with Crippen LogP contribution in [0, 0.1) is 0 Å². The van der Waals surface area contributed by atoms with Crippen LogP contribution in [0.1, 0.15) is 32.3 Å². The number of anilines is 2. The van der Waals surface area contributed by atoms with E-state index in [1.807, 2.05) is 24.3 Å². The number of halogens is 1. The van der Waals surface area contributed by atoms with Gasteiger partial charge in [-0.3, -0.25) is 0 Å². The Morgan fingerprint density at radius 2 is 1.42 bits per heavy atom. The van der Waals surface area contributed by atoms with E-state index in [9.17, 15) is 0 Å². The number of hydrogen-bond acceptors (Lipinski definition) is 3. The molecule has 0 bridgehead atoms. The van der Waals surface area contributed by atoms with Gasteiger partial charge in [0.05, 0.1) is 0 Å². The number of benzene rings is 2. The minimum atomic E-state index is 0.768. The van der Waals surface area contributed by atoms with Gasteiger partial charge < -0.3 is 20.0 Å². The molecule has 3 rings (SSSR count). The van der Waals surface area contributed by atoms with Crippen LogP contribution in [-0.2, 0) is 0 Å². The van der Waals surface area contributed by atoms with Crippen molar-refractivity contribution in [3.63, 3.8) is 0 Å². The normalized spacial score (nSPS) is 13.8. The van der Waals surface area contributed by atoms with Gasteiger partial charge >= 0.3 is 0 Å². The Labute approximate surface area is 205 Å². The van der Waals surface area contributed by atoms with Crippen molar-refractivity contribution >= 4 is 61.8 Å². The van der Waals surface area contributed by atoms with Crippen molar-refractivity contribution in [2.24, 2.45) is 0 Å². The summed E-state index contributed by atoms with van der Waals surface area (Å²) in [5.74, 6) is 0. The van der Waals surface area contributed by atoms with Crippen LogP contribution in [0.5, 0.6) is 0 Å². The van der Waals surface area contributed by atoms with E-state index in [4.69, 9.17) is 24.4 Å². The fourth-order valence-corrected chi connectivity index (χ4v) is 4.64. The molecule has 1 fully saturated rings. The van der Waals surface area contributed by atoms with Gasteiger partial charge in [0.15, 0.2) is 5.11 Å². The average molecular weight is 520 g/mol. The Hall–Kier alpha value is -1.70. The molecule has 1 heterocycles. The molecule has 0 aliphatic carbocycles. The summed E-state index contributed by atoms with van der Waals surface area (Å²) in [5, 5.41) is 4.10. The first-order valence-corrected chi connectivity index (χ1v) is 12.6. The summed E-state index contributed by atoms with van der Waals surface area (Å²) < 4.78 is 1.06. The van der Waals surface area contributed by atoms with Gasteiger partial charge in [-0.25, -0.2) is 0 Å². The summed E-state index contributed by atoms with van der Waals surface area (Å²) in [6.45, 7) is 10.1. The van der Waals surface area contributed by atoms with Crippen LogP contribution in [0.15, 0.2) is 53.0 Å². The van der Waals surface area contributed by atoms with Crippen molar-refractivity contribution in [1.29, 1.82) is 0 Å². The topological polar surface area (TPSA) is 21.8 Å². The lowest BCUT2D eigenvalue weighted by molar-refractivity contribution is 0.264. The zero-order valence-electron chi connectivity index (χ0n) is 18.3. The molecular formula is C24H31BrN4S2. The van der Waals surface area contributed by atoms with E-state index in [0.717, 1.165) is 77.9 Å². The first kappa shape index (κ1) is 24.0. The standard InChI is InChI=1S/C24H31BrN4S2/c1-3-13-27(14-4-2)22-11-5-19(6-12-22)23(30)28-15-17-29(18-16-28)24(31)26-21-9-7-20(25)8-10-21/h5-12H,3-4,13-18H2,1-2H3,(H,26,31). The first-order valence-electron chi connectivity index (χ1n) is 11.0. The van der Waals surface area contributed by atoms with Gasteiger partial charge in [0.1, 0.15) is 4.99 Å². The van der Waals surface area contributed by atoms with Gasteiger partial charge in [0.25, 0.3) is 0 Å². The van der Waals surface area contributed by atoms with Gasteiger partial charge in [-0.15, -0.1) is 0 Å². The van der Waals surface area contributed by atoms with Crippen LogP contribution in [-0.4, -0.2) is 59.2 Å². The Bertz CT molecular complexity index is 856. The molecular weight excluding hydrogens is 488 g/mol. The van der Waals surface area contributed by atoms with Crippen molar-refractivity contribution < 1.29 is 0 Å². The molecule has 31 heavy (non-hydrogen) atoms. The highest BCUT2D eigenvalue weighted by molar-refractivity contribution is 9.10. The summed E-state index contributed by atoms with van der Waals surface area (Å²) >= 11 is 14.9. The molecule has 1 saturated heterocycles. The first-order chi connectivity index (χ1) is 15.0. The lowest BCUT2D eigenvalue weighted by Gasteiger charge is -2.37. The predicted molar refractivity (Wildman–Crippen MR) is 144 cm³/mol. The minimum absolute atomic E-state index is 0.768. The molecule has 166 valence electrons. The van der Waals surface area contributed by atoms with Crippen molar-refractivity contribution in [3.05, 3.63) is 58.6 Å². The fourth-order valence-electron chi connectivity index (χ4n) is 3.76. The molecule has 0 amide bonds. The van der Waals surface area contributed by atoms with Crippen molar-refractivity contribution in [3.8, 4) is 0 Å². The van der Waals surface area contributed by atoms with E-state index in [2.05, 4.69) is 74.1 Å². The third-order valence-corrected chi connectivity index (χ3v) is 6.80. The molecule has 2 aromatic carbocycles. The zero-order chi connectivity index (χ0) is 22.2. The molecule has 7 heteroatoms. The zero-order valence-corrected chi connectivity index (χ0v) is 21.5. The van der Waals surface area contributed by atoms with Gasteiger partial charge in [-0.1, -0.05) is 42.0 Å². The van der Waals surface area contributed by atoms with Crippen LogP contribution in [0.4, 0.5) is 11.4 Å². The number of nitrogens with zero attached hydrogens (tertiary/aromatic N) is 3. The van der Waals surface area contributed by atoms with Gasteiger partial charge in [-0.2, -0.15) is 0 Å². The summed E-state index contributed by atoms with van der Waals surface area (Å²) in [4.78, 5) is 7.88. The minimum Gasteiger partial charge on any atom is -0.372 e. The highest BCUT2D eigenvalue weighted by Crippen LogP contribution is 2.19. The maximum atomic E-state index is 5.81. The van der Waals surface area contributed by atoms with Crippen LogP contribution in [0.2, 0.25) is 0 Å². The smallest absolute Gasteiger partial charge is 0.173 e. The molecule has 1 N–H and O–H groups in total. The largest absolute Gasteiger partial charge is 0.372 e. The summed E-state index contributed by atoms with van der Waals surface area (Å²) in [6.07, 6.45) is 2.31. The molecule has 0 radical (unpaired) electrons. The number of nitrogens with one attached hydrogen (secondary N) is 1. The molecule has 1 aliphatic rings. The quantitative estimate of drug-likeness (QED) is 0.466. The second-order valence-electron chi connectivity index (χ2n) is 7.75. The average Bonchev–Trinajstić information content (AvgIpc) is 2.80. The number of rotatable bonds is 7. The molecule has 4 nitrogen and oxygen atoms in total. The van der Waals surface area contributed by atoms with Crippen LogP contribution in [0.25, 0.3) is 0 Å². The SMILES string of the molecule is CCCN(CCC)c1ccc(C(=S)N2CCN(C(=S)Nc3ccc(Br)cc3)CC2)cc1. The van der Waals surface area contributed by atoms with E-state index in [1.165, 1.54) is 5.69 Å². The Morgan fingerprint density at radius 1 is 0.871 bits per heavy atom. The van der Waals surface area contributed by atoms with Crippen molar-refractivity contribution in [2.75, 3.05) is 49.5 Å². The molecule has 1 aliphatic heterocycles. The number of piperazine rings is 1. The Balaban J connectivity index is 1.53. The lowest BCUT2D eigenvalue weighted by Crippen LogP contribution is -2.51. The number of thiocarbonyl (C=S) groups is 2. The molecule has 0 spiro atoms. The van der Waals surface area contributed by atoms with E-state index in [1.54, 1.807) is 0 Å². The van der Waals surface area contributed by atoms with E-state index >= 15 is 0 Å². The van der Waals surface area contributed by atoms with E-state index < -0.39 is 0 Å². The molecule has 0 aromatic heterocycles. The van der Waals surface area contributed by atoms with Crippen molar-refractivity contribution in [2.45, 2.75) is 26.7 Å². The third kappa shape index (κ3) is 6.64. The second kappa shape index (κ2) is 11.8. The van der Waals surface area contributed by atoms with Crippen LogP contribution >= 0.6 is 40.4 Å². The Kier molecular flexibility index (Phi) is 9.11. The van der Waals surface area contributed by atoms with E-state index in [-0.39, 0.29) is 0 Å². The highest BCUT2D eigenvalue weighted by atomic mass is 79.9. The number of hydrogen-bond donors (Lipinski definition) is 1. The highest BCUT2D eigenvalue weighted by Gasteiger charge is 2.21. The van der Waals surface area contributed by atoms with Gasteiger partial charge in [-0.05, 0) is 73.6 Å². The summed E-state index contributed by atoms with van der Waals surface area (Å²) in [7, 11) is 0. The molecule has 0 unspecified atom stereocenters. The third-order valence-electron chi connectivity index (χ3n) is 5.42. The summed E-state index contributed by atoms with van der Waals surface area (Å²) in [6, 6.07) is 16.8.